The molecule has 1 nitrogen and oxygen atoms in total. The lowest BCUT2D eigenvalue weighted by molar-refractivity contribution is 1.18. The van der Waals surface area contributed by atoms with Gasteiger partial charge in [-0.1, -0.05) is 42.5 Å². The number of benzene rings is 2. The summed E-state index contributed by atoms with van der Waals surface area (Å²) in [6.07, 6.45) is 4.26. The quantitative estimate of drug-likeness (QED) is 0.771. The van der Waals surface area contributed by atoms with Gasteiger partial charge in [0.15, 0.2) is 0 Å². The van der Waals surface area contributed by atoms with E-state index >= 15 is 0 Å². The van der Waals surface area contributed by atoms with E-state index in [1.54, 1.807) is 0 Å². The van der Waals surface area contributed by atoms with Crippen LogP contribution in [0.2, 0.25) is 0 Å². The summed E-state index contributed by atoms with van der Waals surface area (Å²) >= 11 is 1.83. The smallest absolute Gasteiger partial charge is 0.0905 e. The molecule has 0 aromatic heterocycles. The van der Waals surface area contributed by atoms with Crippen LogP contribution in [0.4, 0.5) is 0 Å². The molecule has 2 aromatic carbocycles. The monoisotopic (exact) mass is 239 g/mol. The Kier molecular flexibility index (Phi) is 2.97. The van der Waals surface area contributed by atoms with Crippen molar-refractivity contribution in [1.29, 1.82) is 0 Å². The van der Waals surface area contributed by atoms with Crippen molar-refractivity contribution in [1.82, 2.24) is 0 Å². The maximum Gasteiger partial charge on any atom is 0.0905 e. The number of rotatable bonds is 2. The van der Waals surface area contributed by atoms with Crippen LogP contribution in [-0.4, -0.2) is 17.3 Å². The largest absolute Gasteiger partial charge is 0.278 e. The molecule has 0 saturated heterocycles. The lowest BCUT2D eigenvalue weighted by Gasteiger charge is -1.99. The van der Waals surface area contributed by atoms with E-state index in [2.05, 4.69) is 59.6 Å². The van der Waals surface area contributed by atoms with Crippen LogP contribution in [-0.2, 0) is 0 Å². The van der Waals surface area contributed by atoms with Gasteiger partial charge in [0, 0.05) is 12.3 Å². The first kappa shape index (κ1) is 10.6. The van der Waals surface area contributed by atoms with Crippen LogP contribution < -0.4 is 0 Å². The van der Waals surface area contributed by atoms with Crippen LogP contribution in [0.1, 0.15) is 5.56 Å². The number of nitrogens with zero attached hydrogens (tertiary/aromatic N) is 1. The lowest BCUT2D eigenvalue weighted by atomic mass is 10.1. The number of aliphatic imine (C=N–C) groups is 1. The molecule has 0 unspecified atom stereocenters. The van der Waals surface area contributed by atoms with Gasteiger partial charge in [0.25, 0.3) is 0 Å². The van der Waals surface area contributed by atoms with Gasteiger partial charge >= 0.3 is 0 Å². The molecular formula is C15H13NS. The molecule has 2 heteroatoms. The fraction of sp³-hybridized carbons (Fsp3) is 0.133. The van der Waals surface area contributed by atoms with E-state index in [4.69, 9.17) is 0 Å². The summed E-state index contributed by atoms with van der Waals surface area (Å²) in [5, 5.41) is 3.73. The molecule has 0 amide bonds. The molecule has 1 heterocycles. The van der Waals surface area contributed by atoms with Crippen LogP contribution in [0, 0.1) is 0 Å². The summed E-state index contributed by atoms with van der Waals surface area (Å²) in [4.78, 5) is 4.41. The molecule has 3 rings (SSSR count). The Hall–Kier alpha value is -1.54. The van der Waals surface area contributed by atoms with Crippen molar-refractivity contribution in [2.45, 2.75) is 0 Å². The fourth-order valence-electron chi connectivity index (χ4n) is 1.93. The van der Waals surface area contributed by atoms with Crippen LogP contribution in [0.5, 0.6) is 0 Å². The highest BCUT2D eigenvalue weighted by Gasteiger charge is 2.02. The Balaban J connectivity index is 1.90. The fourth-order valence-corrected chi connectivity index (χ4v) is 2.67. The van der Waals surface area contributed by atoms with Crippen molar-refractivity contribution in [2.24, 2.45) is 4.99 Å². The zero-order valence-electron chi connectivity index (χ0n) is 9.47. The minimum Gasteiger partial charge on any atom is -0.278 e. The first-order chi connectivity index (χ1) is 8.42. The third-order valence-electron chi connectivity index (χ3n) is 2.80. The normalized spacial score (nSPS) is 15.6. The van der Waals surface area contributed by atoms with Crippen molar-refractivity contribution < 1.29 is 0 Å². The molecule has 0 aliphatic carbocycles. The zero-order valence-corrected chi connectivity index (χ0v) is 10.3. The summed E-state index contributed by atoms with van der Waals surface area (Å²) in [5.74, 6) is 1.12. The molecule has 0 atom stereocenters. The van der Waals surface area contributed by atoms with Gasteiger partial charge < -0.3 is 0 Å². The second-order valence-corrected chi connectivity index (χ2v) is 5.12. The average molecular weight is 239 g/mol. The lowest BCUT2D eigenvalue weighted by Crippen LogP contribution is -1.80. The highest BCUT2D eigenvalue weighted by molar-refractivity contribution is 8.14. The van der Waals surface area contributed by atoms with Crippen molar-refractivity contribution >= 4 is 33.7 Å². The SMILES string of the molecule is C(=C\c1ccc2ccccc2c1)/C1=NCCS1. The molecule has 1 aliphatic heterocycles. The number of fused-ring (bicyclic) bond motifs is 1. The van der Waals surface area contributed by atoms with Crippen LogP contribution in [0.3, 0.4) is 0 Å². The Morgan fingerprint density at radius 2 is 1.88 bits per heavy atom. The van der Waals surface area contributed by atoms with E-state index < -0.39 is 0 Å². The summed E-state index contributed by atoms with van der Waals surface area (Å²) in [6.45, 7) is 0.960. The van der Waals surface area contributed by atoms with Crippen LogP contribution in [0.15, 0.2) is 53.5 Å². The van der Waals surface area contributed by atoms with Gasteiger partial charge in [-0.15, -0.1) is 11.8 Å². The molecule has 0 bridgehead atoms. The van der Waals surface area contributed by atoms with E-state index in [-0.39, 0.29) is 0 Å². The second kappa shape index (κ2) is 4.76. The van der Waals surface area contributed by atoms with Gasteiger partial charge in [0.05, 0.1) is 5.04 Å². The Bertz CT molecular complexity index is 599. The third kappa shape index (κ3) is 2.42. The van der Waals surface area contributed by atoms with Gasteiger partial charge in [0.2, 0.25) is 0 Å². The zero-order chi connectivity index (χ0) is 11.5. The van der Waals surface area contributed by atoms with Crippen LogP contribution in [0.25, 0.3) is 16.8 Å². The standard InChI is InChI=1S/C15H13NS/c1-2-4-14-11-12(5-7-13(14)3-1)6-8-15-16-9-10-17-15/h1-8,11H,9-10H2/b8-6+. The molecule has 0 saturated carbocycles. The van der Waals surface area contributed by atoms with Crippen molar-refractivity contribution in [3.05, 3.63) is 54.1 Å². The minimum atomic E-state index is 0.960. The molecular weight excluding hydrogens is 226 g/mol. The molecule has 0 fully saturated rings. The van der Waals surface area contributed by atoms with Gasteiger partial charge in [0.1, 0.15) is 0 Å². The van der Waals surface area contributed by atoms with Crippen molar-refractivity contribution in [3.8, 4) is 0 Å². The summed E-state index contributed by atoms with van der Waals surface area (Å²) in [7, 11) is 0. The molecule has 84 valence electrons. The third-order valence-corrected chi connectivity index (χ3v) is 3.75. The minimum absolute atomic E-state index is 0.960. The first-order valence-corrected chi connectivity index (χ1v) is 6.74. The maximum absolute atomic E-state index is 4.41. The number of thioether (sulfide) groups is 1. The van der Waals surface area contributed by atoms with E-state index in [9.17, 15) is 0 Å². The first-order valence-electron chi connectivity index (χ1n) is 5.76. The van der Waals surface area contributed by atoms with Gasteiger partial charge in [-0.2, -0.15) is 0 Å². The summed E-state index contributed by atoms with van der Waals surface area (Å²) < 4.78 is 0. The molecule has 1 aliphatic rings. The maximum atomic E-state index is 4.41. The van der Waals surface area contributed by atoms with E-state index in [1.807, 2.05) is 11.8 Å². The van der Waals surface area contributed by atoms with E-state index in [0.29, 0.717) is 0 Å². The molecule has 17 heavy (non-hydrogen) atoms. The highest BCUT2D eigenvalue weighted by atomic mass is 32.2. The second-order valence-electron chi connectivity index (χ2n) is 4.01. The van der Waals surface area contributed by atoms with Gasteiger partial charge in [-0.05, 0) is 28.5 Å². The molecule has 0 spiro atoms. The average Bonchev–Trinajstić information content (AvgIpc) is 2.89. The number of hydrogen-bond acceptors (Lipinski definition) is 2. The van der Waals surface area contributed by atoms with Crippen LogP contribution >= 0.6 is 11.8 Å². The van der Waals surface area contributed by atoms with Gasteiger partial charge in [-0.25, -0.2) is 0 Å². The molecule has 0 radical (unpaired) electrons. The molecule has 2 aromatic rings. The van der Waals surface area contributed by atoms with Crippen molar-refractivity contribution in [2.75, 3.05) is 12.3 Å². The molecule has 0 N–H and O–H groups in total. The van der Waals surface area contributed by atoms with E-state index in [0.717, 1.165) is 17.3 Å². The predicted molar refractivity (Wildman–Crippen MR) is 77.7 cm³/mol. The summed E-state index contributed by atoms with van der Waals surface area (Å²) in [6, 6.07) is 15.0. The van der Waals surface area contributed by atoms with Crippen molar-refractivity contribution in [3.63, 3.8) is 0 Å². The van der Waals surface area contributed by atoms with E-state index in [1.165, 1.54) is 16.3 Å². The Labute approximate surface area is 105 Å². The Morgan fingerprint density at radius 3 is 2.71 bits per heavy atom. The Morgan fingerprint density at radius 1 is 1.00 bits per heavy atom. The predicted octanol–water partition coefficient (Wildman–Crippen LogP) is 4.00. The number of hydrogen-bond donors (Lipinski definition) is 0. The topological polar surface area (TPSA) is 12.4 Å². The summed E-state index contributed by atoms with van der Waals surface area (Å²) in [5.41, 5.74) is 1.24. The highest BCUT2D eigenvalue weighted by Crippen LogP contribution is 2.18. The van der Waals surface area contributed by atoms with Gasteiger partial charge in [-0.3, -0.25) is 4.99 Å².